The van der Waals surface area contributed by atoms with Crippen molar-refractivity contribution in [3.63, 3.8) is 0 Å². The van der Waals surface area contributed by atoms with Crippen molar-refractivity contribution in [1.29, 1.82) is 0 Å². The highest BCUT2D eigenvalue weighted by Gasteiger charge is 2.24. The Bertz CT molecular complexity index is 1480. The van der Waals surface area contributed by atoms with Gasteiger partial charge in [-0.1, -0.05) is 18.2 Å². The Morgan fingerprint density at radius 1 is 1.06 bits per heavy atom. The van der Waals surface area contributed by atoms with Crippen LogP contribution in [-0.2, 0) is 35.6 Å². The van der Waals surface area contributed by atoms with Gasteiger partial charge in [0.05, 0.1) is 37.4 Å². The molecule has 0 amide bonds. The molecule has 0 radical (unpaired) electrons. The number of aromatic nitrogens is 1. The zero-order valence-electron chi connectivity index (χ0n) is 21.1. The molecule has 186 valence electrons. The van der Waals surface area contributed by atoms with Crippen LogP contribution < -0.4 is 4.74 Å². The number of carbonyl (C=O) groups is 1. The average Bonchev–Trinajstić information content (AvgIpc) is 3.29. The summed E-state index contributed by atoms with van der Waals surface area (Å²) in [6.45, 7) is 9.09. The van der Waals surface area contributed by atoms with E-state index in [1.54, 1.807) is 20.8 Å². The number of hydrogen-bond donors (Lipinski definition) is 2. The van der Waals surface area contributed by atoms with E-state index in [-0.39, 0.29) is 6.42 Å². The first-order valence-electron chi connectivity index (χ1n) is 12.2. The summed E-state index contributed by atoms with van der Waals surface area (Å²) in [6, 6.07) is 12.4. The van der Waals surface area contributed by atoms with Crippen molar-refractivity contribution in [1.82, 2.24) is 4.98 Å². The van der Waals surface area contributed by atoms with Gasteiger partial charge in [0.1, 0.15) is 5.75 Å². The molecule has 36 heavy (non-hydrogen) atoms. The fourth-order valence-corrected chi connectivity index (χ4v) is 5.11. The highest BCUT2D eigenvalue weighted by Crippen LogP contribution is 2.43. The van der Waals surface area contributed by atoms with Gasteiger partial charge in [0.15, 0.2) is 0 Å². The van der Waals surface area contributed by atoms with Gasteiger partial charge in [0, 0.05) is 23.6 Å². The first-order chi connectivity index (χ1) is 17.1. The Hall–Kier alpha value is -3.48. The van der Waals surface area contributed by atoms with Gasteiger partial charge in [-0.05, 0) is 90.0 Å². The zero-order valence-corrected chi connectivity index (χ0v) is 21.1. The molecule has 1 aromatic heterocycles. The molecule has 3 heterocycles. The normalized spacial score (nSPS) is 14.2. The molecule has 6 heteroatoms. The zero-order chi connectivity index (χ0) is 25.6. The summed E-state index contributed by atoms with van der Waals surface area (Å²) >= 11 is 0. The van der Waals surface area contributed by atoms with Crippen LogP contribution in [0.3, 0.4) is 0 Å². The number of aryl methyl sites for hydroxylation is 1. The minimum absolute atomic E-state index is 0.0376. The third-order valence-electron chi connectivity index (χ3n) is 6.53. The molecule has 0 atom stereocenters. The molecule has 4 aromatic rings. The number of carboxylic acid groups (broad SMARTS) is 1. The van der Waals surface area contributed by atoms with Gasteiger partial charge in [0.2, 0.25) is 0 Å². The van der Waals surface area contributed by atoms with Crippen molar-refractivity contribution in [2.75, 3.05) is 6.61 Å². The van der Waals surface area contributed by atoms with Gasteiger partial charge in [-0.2, -0.15) is 0 Å². The number of fused-ring (bicyclic) bond motifs is 3. The van der Waals surface area contributed by atoms with Crippen LogP contribution in [0.4, 0.5) is 0 Å². The third-order valence-corrected chi connectivity index (χ3v) is 6.53. The van der Waals surface area contributed by atoms with Gasteiger partial charge >= 0.3 is 5.97 Å². The van der Waals surface area contributed by atoms with Gasteiger partial charge in [-0.25, -0.2) is 0 Å². The number of benzene rings is 3. The van der Waals surface area contributed by atoms with E-state index in [2.05, 4.69) is 24.3 Å². The molecule has 3 aromatic carbocycles. The van der Waals surface area contributed by atoms with Crippen LogP contribution in [-0.4, -0.2) is 33.4 Å². The van der Waals surface area contributed by atoms with Crippen LogP contribution >= 0.6 is 0 Å². The second kappa shape index (κ2) is 9.19. The number of aliphatic carboxylic acids is 1. The van der Waals surface area contributed by atoms with Crippen LogP contribution in [0.5, 0.6) is 5.75 Å². The molecular weight excluding hydrogens is 454 g/mol. The number of aliphatic hydroxyl groups is 1. The Kier molecular flexibility index (Phi) is 6.18. The number of carboxylic acids is 1. The number of ether oxygens (including phenoxy) is 2. The van der Waals surface area contributed by atoms with Crippen molar-refractivity contribution >= 4 is 27.6 Å². The smallest absolute Gasteiger partial charge is 0.307 e. The lowest BCUT2D eigenvalue weighted by atomic mass is 9.85. The summed E-state index contributed by atoms with van der Waals surface area (Å²) in [5.41, 5.74) is 7.70. The molecule has 0 saturated heterocycles. The molecule has 2 aliphatic heterocycles. The van der Waals surface area contributed by atoms with E-state index in [1.807, 2.05) is 25.3 Å². The van der Waals surface area contributed by atoms with Crippen LogP contribution in [0.1, 0.15) is 48.6 Å². The van der Waals surface area contributed by atoms with Crippen LogP contribution in [0.15, 0.2) is 42.6 Å². The lowest BCUT2D eigenvalue weighted by Crippen LogP contribution is -2.10. The number of pyridine rings is 1. The lowest BCUT2D eigenvalue weighted by molar-refractivity contribution is -0.136. The fourth-order valence-electron chi connectivity index (χ4n) is 5.11. The summed E-state index contributed by atoms with van der Waals surface area (Å²) < 4.78 is 11.6. The summed E-state index contributed by atoms with van der Waals surface area (Å²) in [5.74, 6) is 0.00588. The van der Waals surface area contributed by atoms with E-state index in [0.29, 0.717) is 19.8 Å². The largest absolute Gasteiger partial charge is 0.493 e. The minimum atomic E-state index is -0.841. The highest BCUT2D eigenvalue weighted by molar-refractivity contribution is 6.09. The topological polar surface area (TPSA) is 88.9 Å². The molecule has 0 aliphatic carbocycles. The lowest BCUT2D eigenvalue weighted by Gasteiger charge is -2.22. The second-order valence-corrected chi connectivity index (χ2v) is 10.5. The fraction of sp³-hybridized carbons (Fsp3) is 0.333. The molecule has 0 unspecified atom stereocenters. The summed E-state index contributed by atoms with van der Waals surface area (Å²) in [5, 5.41) is 21.4. The van der Waals surface area contributed by atoms with Crippen molar-refractivity contribution in [3.05, 3.63) is 70.4 Å². The maximum absolute atomic E-state index is 11.8. The molecule has 0 fully saturated rings. The SMILES string of the molecule is CC(C)(C)O.Cc1cc2c3c(ccc2c(-c2ccc4c5c(ccnc25)CCO4)c1CC(=O)O)COC3. The number of hydrogen-bond acceptors (Lipinski definition) is 5. The Morgan fingerprint density at radius 3 is 2.58 bits per heavy atom. The Labute approximate surface area is 210 Å². The number of rotatable bonds is 3. The predicted octanol–water partition coefficient (Wildman–Crippen LogP) is 5.73. The molecule has 0 spiro atoms. The first-order valence-corrected chi connectivity index (χ1v) is 12.2. The third kappa shape index (κ3) is 4.54. The van der Waals surface area contributed by atoms with Crippen molar-refractivity contribution in [2.45, 2.75) is 59.4 Å². The van der Waals surface area contributed by atoms with E-state index >= 15 is 0 Å². The highest BCUT2D eigenvalue weighted by atomic mass is 16.5. The van der Waals surface area contributed by atoms with Crippen molar-refractivity contribution in [2.24, 2.45) is 0 Å². The molecular formula is C30H31NO5. The van der Waals surface area contributed by atoms with E-state index in [9.17, 15) is 9.90 Å². The van der Waals surface area contributed by atoms with Gasteiger partial charge in [-0.15, -0.1) is 0 Å². The Balaban J connectivity index is 0.000000489. The van der Waals surface area contributed by atoms with Crippen LogP contribution in [0.2, 0.25) is 0 Å². The predicted molar refractivity (Wildman–Crippen MR) is 140 cm³/mol. The van der Waals surface area contributed by atoms with Crippen molar-refractivity contribution < 1.29 is 24.5 Å². The standard InChI is InChI=1S/C26H21NO4.C4H10O/c1-14-10-20-17(3-2-16-12-30-13-21(16)20)25(19(14)11-23(28)29)18-4-5-22-24-15(7-9-31-22)6-8-27-26(18)24;1-4(2,3)5/h2-6,8,10H,7,9,11-13H2,1H3,(H,28,29);5H,1-3H3. The molecule has 6 nitrogen and oxygen atoms in total. The number of nitrogens with zero attached hydrogens (tertiary/aromatic N) is 1. The van der Waals surface area contributed by atoms with E-state index < -0.39 is 11.6 Å². The molecule has 0 saturated carbocycles. The van der Waals surface area contributed by atoms with Crippen LogP contribution in [0, 0.1) is 6.92 Å². The summed E-state index contributed by atoms with van der Waals surface area (Å²) in [7, 11) is 0. The molecule has 0 bridgehead atoms. The van der Waals surface area contributed by atoms with Gasteiger partial charge in [-0.3, -0.25) is 9.78 Å². The quantitative estimate of drug-likeness (QED) is 0.385. The van der Waals surface area contributed by atoms with Crippen LogP contribution in [0.25, 0.3) is 32.8 Å². The first kappa shape index (κ1) is 24.2. The molecule has 6 rings (SSSR count). The molecule has 2 aliphatic rings. The molecule has 2 N–H and O–H groups in total. The maximum Gasteiger partial charge on any atom is 0.307 e. The van der Waals surface area contributed by atoms with E-state index in [1.165, 1.54) is 16.7 Å². The maximum atomic E-state index is 11.8. The second-order valence-electron chi connectivity index (χ2n) is 10.5. The minimum Gasteiger partial charge on any atom is -0.493 e. The Morgan fingerprint density at radius 2 is 1.83 bits per heavy atom. The van der Waals surface area contributed by atoms with E-state index in [4.69, 9.17) is 19.6 Å². The van der Waals surface area contributed by atoms with Crippen molar-refractivity contribution in [3.8, 4) is 16.9 Å². The summed E-state index contributed by atoms with van der Waals surface area (Å²) in [6.07, 6.45) is 2.65. The monoisotopic (exact) mass is 485 g/mol. The summed E-state index contributed by atoms with van der Waals surface area (Å²) in [4.78, 5) is 16.5. The van der Waals surface area contributed by atoms with E-state index in [0.717, 1.165) is 56.1 Å². The van der Waals surface area contributed by atoms with Gasteiger partial charge in [0.25, 0.3) is 0 Å². The van der Waals surface area contributed by atoms with Gasteiger partial charge < -0.3 is 19.7 Å². The average molecular weight is 486 g/mol.